The average Bonchev–Trinajstić information content (AvgIpc) is 2.49. The molecule has 0 spiro atoms. The summed E-state index contributed by atoms with van der Waals surface area (Å²) in [6.45, 7) is 3.45. The van der Waals surface area contributed by atoms with Gasteiger partial charge in [0.15, 0.2) is 0 Å². The molecule has 0 bridgehead atoms. The van der Waals surface area contributed by atoms with Crippen LogP contribution in [0.15, 0.2) is 21.7 Å². The molecule has 2 N–H and O–H groups in total. The van der Waals surface area contributed by atoms with Crippen LogP contribution in [0.4, 0.5) is 13.2 Å². The SMILES string of the molecule is CC(C)OCCc1cc2c(=O)n(NS(C)(=O)=O)c(=O)[nH]c2cc1C(F)(F)F. The van der Waals surface area contributed by atoms with E-state index < -0.39 is 33.0 Å². The number of alkyl halides is 3. The standard InChI is InChI=1S/C15H18F3N3O5S/c1-8(2)26-5-4-9-6-10-12(7-11(9)15(16,17)18)19-14(23)21(13(10)22)20-27(3,24)25/h6-8,20H,4-5H2,1-3H3,(H,19,23). The number of halogens is 3. The number of nitrogens with zero attached hydrogens (tertiary/aromatic N) is 1. The largest absolute Gasteiger partial charge is 0.416 e. The molecule has 0 aliphatic rings. The molecule has 0 atom stereocenters. The van der Waals surface area contributed by atoms with E-state index in [0.29, 0.717) is 6.07 Å². The molecule has 2 aromatic rings. The summed E-state index contributed by atoms with van der Waals surface area (Å²) < 4.78 is 68.1. The first-order valence-corrected chi connectivity index (χ1v) is 9.67. The van der Waals surface area contributed by atoms with Gasteiger partial charge in [-0.1, -0.05) is 0 Å². The Hall–Kier alpha value is -2.34. The fourth-order valence-electron chi connectivity index (χ4n) is 2.43. The zero-order valence-electron chi connectivity index (χ0n) is 14.7. The highest BCUT2D eigenvalue weighted by molar-refractivity contribution is 7.91. The van der Waals surface area contributed by atoms with Gasteiger partial charge in [-0.15, -0.1) is 0 Å². The number of aromatic nitrogens is 2. The second kappa shape index (κ2) is 7.35. The Balaban J connectivity index is 2.69. The van der Waals surface area contributed by atoms with E-state index in [2.05, 4.69) is 4.98 Å². The Labute approximate surface area is 152 Å². The fraction of sp³-hybridized carbons (Fsp3) is 0.467. The molecule has 1 aromatic carbocycles. The van der Waals surface area contributed by atoms with Gasteiger partial charge in [-0.3, -0.25) is 4.79 Å². The van der Waals surface area contributed by atoms with Crippen LogP contribution in [0.3, 0.4) is 0 Å². The topological polar surface area (TPSA) is 110 Å². The van der Waals surface area contributed by atoms with E-state index in [9.17, 15) is 31.2 Å². The van der Waals surface area contributed by atoms with Crippen LogP contribution in [0.5, 0.6) is 0 Å². The summed E-state index contributed by atoms with van der Waals surface area (Å²) in [5.41, 5.74) is -3.85. The van der Waals surface area contributed by atoms with Crippen LogP contribution in [-0.4, -0.2) is 37.0 Å². The predicted octanol–water partition coefficient (Wildman–Crippen LogP) is 1.18. The minimum atomic E-state index is -4.71. The maximum absolute atomic E-state index is 13.4. The number of rotatable bonds is 6. The van der Waals surface area contributed by atoms with Crippen molar-refractivity contribution in [3.8, 4) is 0 Å². The van der Waals surface area contributed by atoms with Crippen molar-refractivity contribution < 1.29 is 26.3 Å². The molecule has 0 saturated carbocycles. The van der Waals surface area contributed by atoms with Crippen molar-refractivity contribution in [2.45, 2.75) is 32.5 Å². The molecule has 8 nitrogen and oxygen atoms in total. The molecule has 150 valence electrons. The van der Waals surface area contributed by atoms with Gasteiger partial charge in [0.2, 0.25) is 10.0 Å². The number of sulfonamides is 1. The van der Waals surface area contributed by atoms with Crippen LogP contribution in [0.2, 0.25) is 0 Å². The van der Waals surface area contributed by atoms with Gasteiger partial charge in [0.25, 0.3) is 5.56 Å². The second-order valence-electron chi connectivity index (χ2n) is 6.16. The fourth-order valence-corrected chi connectivity index (χ4v) is 2.93. The third kappa shape index (κ3) is 5.10. The number of nitrogens with one attached hydrogen (secondary N) is 2. The third-order valence-electron chi connectivity index (χ3n) is 3.51. The summed E-state index contributed by atoms with van der Waals surface area (Å²) in [5.74, 6) is 0. The van der Waals surface area contributed by atoms with Crippen LogP contribution in [0.25, 0.3) is 10.9 Å². The van der Waals surface area contributed by atoms with Gasteiger partial charge in [0.05, 0.1) is 35.4 Å². The maximum atomic E-state index is 13.4. The van der Waals surface area contributed by atoms with Gasteiger partial charge in [-0.05, 0) is 38.0 Å². The maximum Gasteiger partial charge on any atom is 0.416 e. The molecule has 1 aromatic heterocycles. The van der Waals surface area contributed by atoms with Crippen LogP contribution < -0.4 is 16.1 Å². The van der Waals surface area contributed by atoms with Crippen molar-refractivity contribution in [3.05, 3.63) is 44.1 Å². The Morgan fingerprint density at radius 2 is 1.89 bits per heavy atom. The molecule has 0 aliphatic carbocycles. The summed E-state index contributed by atoms with van der Waals surface area (Å²) in [6.07, 6.45) is -4.30. The monoisotopic (exact) mass is 409 g/mol. The Morgan fingerprint density at radius 1 is 1.26 bits per heavy atom. The number of hydrogen-bond acceptors (Lipinski definition) is 5. The van der Waals surface area contributed by atoms with Crippen molar-refractivity contribution >= 4 is 20.9 Å². The Kier molecular flexibility index (Phi) is 5.71. The van der Waals surface area contributed by atoms with Gasteiger partial charge < -0.3 is 9.72 Å². The summed E-state index contributed by atoms with van der Waals surface area (Å²) in [6, 6.07) is 1.65. The zero-order chi connectivity index (χ0) is 20.6. The van der Waals surface area contributed by atoms with Crippen molar-refractivity contribution in [2.75, 3.05) is 17.7 Å². The summed E-state index contributed by atoms with van der Waals surface area (Å²) in [5, 5.41) is -0.265. The van der Waals surface area contributed by atoms with E-state index in [1.165, 1.54) is 0 Å². The quantitative estimate of drug-likeness (QED) is 0.745. The van der Waals surface area contributed by atoms with E-state index in [1.54, 1.807) is 18.7 Å². The molecule has 0 unspecified atom stereocenters. The summed E-state index contributed by atoms with van der Waals surface area (Å²) >= 11 is 0. The lowest BCUT2D eigenvalue weighted by Crippen LogP contribution is -2.43. The minimum absolute atomic E-state index is 0.00855. The van der Waals surface area contributed by atoms with E-state index in [1.807, 2.05) is 0 Å². The van der Waals surface area contributed by atoms with Gasteiger partial charge >= 0.3 is 11.9 Å². The van der Waals surface area contributed by atoms with Crippen LogP contribution in [0.1, 0.15) is 25.0 Å². The van der Waals surface area contributed by atoms with Crippen molar-refractivity contribution in [3.63, 3.8) is 0 Å². The number of fused-ring (bicyclic) bond motifs is 1. The second-order valence-corrected chi connectivity index (χ2v) is 7.88. The van der Waals surface area contributed by atoms with Crippen LogP contribution >= 0.6 is 0 Å². The highest BCUT2D eigenvalue weighted by Gasteiger charge is 2.34. The van der Waals surface area contributed by atoms with Crippen LogP contribution in [-0.2, 0) is 27.4 Å². The highest BCUT2D eigenvalue weighted by atomic mass is 32.2. The number of H-pyrrole nitrogens is 1. The molecule has 2 rings (SSSR count). The minimum Gasteiger partial charge on any atom is -0.378 e. The average molecular weight is 409 g/mol. The molecular formula is C15H18F3N3O5S. The van der Waals surface area contributed by atoms with Crippen molar-refractivity contribution in [2.24, 2.45) is 0 Å². The first-order chi connectivity index (χ1) is 12.3. The van der Waals surface area contributed by atoms with Gasteiger partial charge in [0, 0.05) is 0 Å². The van der Waals surface area contributed by atoms with E-state index in [-0.39, 0.29) is 40.3 Å². The number of hydrogen-bond donors (Lipinski definition) is 2. The van der Waals surface area contributed by atoms with Gasteiger partial charge in [-0.2, -0.15) is 17.8 Å². The molecule has 0 saturated heterocycles. The molecule has 0 amide bonds. The van der Waals surface area contributed by atoms with Crippen molar-refractivity contribution in [1.29, 1.82) is 0 Å². The number of benzene rings is 1. The van der Waals surface area contributed by atoms with E-state index >= 15 is 0 Å². The molecule has 0 aliphatic heterocycles. The molecule has 27 heavy (non-hydrogen) atoms. The predicted molar refractivity (Wildman–Crippen MR) is 92.8 cm³/mol. The summed E-state index contributed by atoms with van der Waals surface area (Å²) in [4.78, 5) is 28.1. The lowest BCUT2D eigenvalue weighted by Gasteiger charge is -2.15. The highest BCUT2D eigenvalue weighted by Crippen LogP contribution is 2.33. The van der Waals surface area contributed by atoms with Gasteiger partial charge in [-0.25, -0.2) is 18.0 Å². The number of ether oxygens (including phenoxy) is 1. The van der Waals surface area contributed by atoms with Gasteiger partial charge in [0.1, 0.15) is 0 Å². The van der Waals surface area contributed by atoms with E-state index in [4.69, 9.17) is 4.74 Å². The lowest BCUT2D eigenvalue weighted by molar-refractivity contribution is -0.138. The summed E-state index contributed by atoms with van der Waals surface area (Å²) in [7, 11) is -3.96. The van der Waals surface area contributed by atoms with E-state index in [0.717, 1.165) is 12.3 Å². The first kappa shape index (κ1) is 21.0. The number of aromatic amines is 1. The molecule has 0 fully saturated rings. The lowest BCUT2D eigenvalue weighted by atomic mass is 10.0. The molecular weight excluding hydrogens is 391 g/mol. The molecule has 0 radical (unpaired) electrons. The molecule has 12 heteroatoms. The smallest absolute Gasteiger partial charge is 0.378 e. The normalized spacial score (nSPS) is 12.7. The first-order valence-electron chi connectivity index (χ1n) is 7.78. The third-order valence-corrected chi connectivity index (χ3v) is 4.02. The Bertz CT molecular complexity index is 1070. The van der Waals surface area contributed by atoms with Crippen molar-refractivity contribution in [1.82, 2.24) is 9.66 Å². The zero-order valence-corrected chi connectivity index (χ0v) is 15.5. The van der Waals surface area contributed by atoms with Crippen LogP contribution in [0, 0.1) is 0 Å². The molecule has 1 heterocycles. The Morgan fingerprint density at radius 3 is 2.41 bits per heavy atom.